The highest BCUT2D eigenvalue weighted by molar-refractivity contribution is 7.09. The Labute approximate surface area is 133 Å². The summed E-state index contributed by atoms with van der Waals surface area (Å²) in [5.41, 5.74) is 1.50. The molecule has 2 unspecified atom stereocenters. The minimum atomic E-state index is 0.395. The summed E-state index contributed by atoms with van der Waals surface area (Å²) in [6, 6.07) is 0. The quantitative estimate of drug-likeness (QED) is 0.759. The molecule has 1 saturated carbocycles. The van der Waals surface area contributed by atoms with Crippen molar-refractivity contribution in [3.8, 4) is 0 Å². The summed E-state index contributed by atoms with van der Waals surface area (Å²) in [7, 11) is 0. The van der Waals surface area contributed by atoms with E-state index in [0.717, 1.165) is 31.1 Å². The maximum atomic E-state index is 6.14. The van der Waals surface area contributed by atoms with Crippen molar-refractivity contribution in [2.45, 2.75) is 72.6 Å². The summed E-state index contributed by atoms with van der Waals surface area (Å²) in [6.07, 6.45) is 5.24. The van der Waals surface area contributed by atoms with Crippen molar-refractivity contribution >= 4 is 11.3 Å². The Hall–Kier alpha value is -0.450. The first-order valence-corrected chi connectivity index (χ1v) is 9.12. The molecule has 0 spiro atoms. The van der Waals surface area contributed by atoms with E-state index >= 15 is 0 Å². The Morgan fingerprint density at radius 2 is 2.24 bits per heavy atom. The Balaban J connectivity index is 1.77. The molecule has 1 aromatic rings. The molecule has 0 aromatic carbocycles. The molecular formula is C17H30N2OS. The molecule has 1 N–H and O–H groups in total. The van der Waals surface area contributed by atoms with Crippen LogP contribution in [0, 0.1) is 11.3 Å². The van der Waals surface area contributed by atoms with E-state index in [4.69, 9.17) is 4.74 Å². The molecule has 1 aliphatic carbocycles. The fraction of sp³-hybridized carbons (Fsp3) is 0.824. The SMILES string of the molecule is CCCNCc1nc(COC2CC(C)CC(C)(C)C2)cs1. The fourth-order valence-electron chi connectivity index (χ4n) is 3.46. The number of aromatic nitrogens is 1. The Morgan fingerprint density at radius 3 is 2.95 bits per heavy atom. The first-order valence-electron chi connectivity index (χ1n) is 8.24. The van der Waals surface area contributed by atoms with Gasteiger partial charge in [0.25, 0.3) is 0 Å². The molecule has 1 aromatic heterocycles. The standard InChI is InChI=1S/C17H30N2OS/c1-5-6-18-10-16-19-14(12-21-16)11-20-15-7-13(2)8-17(3,4)9-15/h12-13,15,18H,5-11H2,1-4H3. The summed E-state index contributed by atoms with van der Waals surface area (Å²) in [6.45, 7) is 11.8. The van der Waals surface area contributed by atoms with Crippen LogP contribution in [0.25, 0.3) is 0 Å². The number of nitrogens with one attached hydrogen (secondary N) is 1. The first kappa shape index (κ1) is 16.9. The van der Waals surface area contributed by atoms with E-state index in [9.17, 15) is 0 Å². The molecule has 1 aliphatic rings. The van der Waals surface area contributed by atoms with Gasteiger partial charge < -0.3 is 10.1 Å². The molecule has 0 radical (unpaired) electrons. The summed E-state index contributed by atoms with van der Waals surface area (Å²) in [5.74, 6) is 0.767. The monoisotopic (exact) mass is 310 g/mol. The summed E-state index contributed by atoms with van der Waals surface area (Å²) < 4.78 is 6.14. The van der Waals surface area contributed by atoms with Gasteiger partial charge in [-0.2, -0.15) is 0 Å². The van der Waals surface area contributed by atoms with E-state index in [1.165, 1.54) is 24.3 Å². The van der Waals surface area contributed by atoms with Gasteiger partial charge in [-0.1, -0.05) is 27.7 Å². The third kappa shape index (κ3) is 5.68. The zero-order valence-corrected chi connectivity index (χ0v) is 14.8. The Bertz CT molecular complexity index is 430. The predicted octanol–water partition coefficient (Wildman–Crippen LogP) is 4.37. The van der Waals surface area contributed by atoms with Gasteiger partial charge in [-0.25, -0.2) is 4.98 Å². The Morgan fingerprint density at radius 1 is 1.43 bits per heavy atom. The van der Waals surface area contributed by atoms with Gasteiger partial charge >= 0.3 is 0 Å². The molecular weight excluding hydrogens is 280 g/mol. The van der Waals surface area contributed by atoms with E-state index in [0.29, 0.717) is 18.1 Å². The number of ether oxygens (including phenoxy) is 1. The molecule has 0 amide bonds. The van der Waals surface area contributed by atoms with Crippen LogP contribution in [0.15, 0.2) is 5.38 Å². The van der Waals surface area contributed by atoms with Gasteiger partial charge in [0.2, 0.25) is 0 Å². The van der Waals surface area contributed by atoms with Gasteiger partial charge in [-0.15, -0.1) is 11.3 Å². The normalized spacial score (nSPS) is 25.1. The molecule has 1 fully saturated rings. The van der Waals surface area contributed by atoms with Crippen molar-refractivity contribution in [1.82, 2.24) is 10.3 Å². The lowest BCUT2D eigenvalue weighted by atomic mass is 9.71. The van der Waals surface area contributed by atoms with Crippen molar-refractivity contribution < 1.29 is 4.74 Å². The average molecular weight is 311 g/mol. The molecule has 4 heteroatoms. The predicted molar refractivity (Wildman–Crippen MR) is 89.5 cm³/mol. The summed E-state index contributed by atoms with van der Waals surface area (Å²) >= 11 is 1.73. The van der Waals surface area contributed by atoms with Gasteiger partial charge in [0.05, 0.1) is 18.4 Å². The van der Waals surface area contributed by atoms with Crippen LogP contribution in [0.4, 0.5) is 0 Å². The number of hydrogen-bond acceptors (Lipinski definition) is 4. The molecule has 0 bridgehead atoms. The van der Waals surface area contributed by atoms with Gasteiger partial charge in [0.15, 0.2) is 0 Å². The van der Waals surface area contributed by atoms with Gasteiger partial charge in [0.1, 0.15) is 5.01 Å². The molecule has 1 heterocycles. The average Bonchev–Trinajstić information content (AvgIpc) is 2.82. The van der Waals surface area contributed by atoms with Crippen LogP contribution >= 0.6 is 11.3 Å². The second-order valence-electron chi connectivity index (χ2n) is 7.26. The summed E-state index contributed by atoms with van der Waals surface area (Å²) in [4.78, 5) is 4.65. The van der Waals surface area contributed by atoms with Crippen LogP contribution in [0.5, 0.6) is 0 Å². The van der Waals surface area contributed by atoms with Gasteiger partial charge in [0, 0.05) is 11.9 Å². The second-order valence-corrected chi connectivity index (χ2v) is 8.20. The number of rotatable bonds is 7. The van der Waals surface area contributed by atoms with E-state index in [1.54, 1.807) is 11.3 Å². The molecule has 2 atom stereocenters. The van der Waals surface area contributed by atoms with Crippen molar-refractivity contribution in [3.05, 3.63) is 16.1 Å². The minimum absolute atomic E-state index is 0.395. The van der Waals surface area contributed by atoms with Crippen LogP contribution in [0.2, 0.25) is 0 Å². The zero-order chi connectivity index (χ0) is 15.3. The molecule has 0 saturated heterocycles. The van der Waals surface area contributed by atoms with Crippen LogP contribution in [-0.2, 0) is 17.9 Å². The lowest BCUT2D eigenvalue weighted by molar-refractivity contribution is -0.0325. The van der Waals surface area contributed by atoms with Crippen LogP contribution in [-0.4, -0.2) is 17.6 Å². The fourth-order valence-corrected chi connectivity index (χ4v) is 4.21. The van der Waals surface area contributed by atoms with Crippen LogP contribution < -0.4 is 5.32 Å². The molecule has 2 rings (SSSR count). The number of thiazole rings is 1. The second kappa shape index (κ2) is 7.70. The highest BCUT2D eigenvalue weighted by Gasteiger charge is 2.32. The third-order valence-electron chi connectivity index (χ3n) is 4.12. The van der Waals surface area contributed by atoms with E-state index < -0.39 is 0 Å². The van der Waals surface area contributed by atoms with Crippen molar-refractivity contribution in [2.75, 3.05) is 6.54 Å². The van der Waals surface area contributed by atoms with E-state index in [-0.39, 0.29) is 0 Å². The lowest BCUT2D eigenvalue weighted by Gasteiger charge is -2.38. The molecule has 21 heavy (non-hydrogen) atoms. The third-order valence-corrected chi connectivity index (χ3v) is 5.01. The van der Waals surface area contributed by atoms with Crippen molar-refractivity contribution in [2.24, 2.45) is 11.3 Å². The van der Waals surface area contributed by atoms with Crippen LogP contribution in [0.1, 0.15) is 64.1 Å². The number of nitrogens with zero attached hydrogens (tertiary/aromatic N) is 1. The first-order chi connectivity index (χ1) is 9.98. The highest BCUT2D eigenvalue weighted by atomic mass is 32.1. The van der Waals surface area contributed by atoms with Crippen molar-refractivity contribution in [1.29, 1.82) is 0 Å². The summed E-state index contributed by atoms with van der Waals surface area (Å²) in [5, 5.41) is 6.70. The molecule has 120 valence electrons. The van der Waals surface area contributed by atoms with E-state index in [2.05, 4.69) is 43.4 Å². The maximum Gasteiger partial charge on any atom is 0.107 e. The van der Waals surface area contributed by atoms with Gasteiger partial charge in [-0.05, 0) is 43.6 Å². The minimum Gasteiger partial charge on any atom is -0.372 e. The maximum absolute atomic E-state index is 6.14. The smallest absolute Gasteiger partial charge is 0.107 e. The number of hydrogen-bond donors (Lipinski definition) is 1. The van der Waals surface area contributed by atoms with Gasteiger partial charge in [-0.3, -0.25) is 0 Å². The topological polar surface area (TPSA) is 34.2 Å². The zero-order valence-electron chi connectivity index (χ0n) is 13.9. The molecule has 0 aliphatic heterocycles. The van der Waals surface area contributed by atoms with E-state index in [1.807, 2.05) is 0 Å². The van der Waals surface area contributed by atoms with Crippen LogP contribution in [0.3, 0.4) is 0 Å². The largest absolute Gasteiger partial charge is 0.372 e. The highest BCUT2D eigenvalue weighted by Crippen LogP contribution is 2.39. The Kier molecular flexibility index (Phi) is 6.20. The van der Waals surface area contributed by atoms with Crippen molar-refractivity contribution in [3.63, 3.8) is 0 Å². The molecule has 3 nitrogen and oxygen atoms in total. The lowest BCUT2D eigenvalue weighted by Crippen LogP contribution is -2.32.